The van der Waals surface area contributed by atoms with Crippen molar-refractivity contribution in [2.24, 2.45) is 0 Å². The smallest absolute Gasteiger partial charge is 0.246 e. The van der Waals surface area contributed by atoms with Crippen molar-refractivity contribution in [1.29, 1.82) is 0 Å². The number of Topliss-reactive ketones (excluding diaryl/α,β-unsaturated/α-hetero) is 1. The van der Waals surface area contributed by atoms with Crippen LogP contribution in [0, 0.1) is 0 Å². The number of hydrogen-bond donors (Lipinski definition) is 2. The Balaban J connectivity index is 2.15. The highest BCUT2D eigenvalue weighted by Crippen LogP contribution is 2.09. The van der Waals surface area contributed by atoms with Crippen LogP contribution in [0.25, 0.3) is 0 Å². The van der Waals surface area contributed by atoms with E-state index in [9.17, 15) is 9.59 Å². The molecule has 20 heavy (non-hydrogen) atoms. The average molecular weight is 273 g/mol. The summed E-state index contributed by atoms with van der Waals surface area (Å²) in [5.41, 5.74) is 9.20. The lowest BCUT2D eigenvalue weighted by Crippen LogP contribution is -2.27. The third-order valence-electron chi connectivity index (χ3n) is 2.61. The van der Waals surface area contributed by atoms with Gasteiger partial charge in [0.25, 0.3) is 0 Å². The Morgan fingerprint density at radius 1 is 1.25 bits per heavy atom. The van der Waals surface area contributed by atoms with Crippen molar-refractivity contribution < 1.29 is 9.59 Å². The van der Waals surface area contributed by atoms with Crippen molar-refractivity contribution in [2.45, 2.75) is 19.8 Å². The molecule has 0 saturated heterocycles. The second kappa shape index (κ2) is 5.96. The van der Waals surface area contributed by atoms with Gasteiger partial charge >= 0.3 is 0 Å². The first-order chi connectivity index (χ1) is 9.56. The largest absolute Gasteiger partial charge is 0.366 e. The molecule has 0 aliphatic carbocycles. The van der Waals surface area contributed by atoms with Crippen molar-refractivity contribution in [3.05, 3.63) is 41.7 Å². The molecule has 1 aromatic heterocycles. The number of anilines is 1. The molecule has 0 saturated carbocycles. The van der Waals surface area contributed by atoms with Gasteiger partial charge in [-0.1, -0.05) is 30.3 Å². The van der Waals surface area contributed by atoms with Crippen LogP contribution in [0.2, 0.25) is 0 Å². The fourth-order valence-electron chi connectivity index (χ4n) is 1.74. The molecule has 0 aliphatic heterocycles. The van der Waals surface area contributed by atoms with Crippen molar-refractivity contribution in [1.82, 2.24) is 14.9 Å². The minimum atomic E-state index is -0.446. The number of nitrogen functional groups attached to an aromatic ring is 1. The number of benzene rings is 1. The molecule has 1 heterocycles. The lowest BCUT2D eigenvalue weighted by Gasteiger charge is -2.09. The number of nitrogens with zero attached hydrogens (tertiary/aromatic N) is 3. The number of amides is 1. The predicted octanol–water partition coefficient (Wildman–Crippen LogP) is 0.500. The predicted molar refractivity (Wildman–Crippen MR) is 73.3 cm³/mol. The molecule has 7 nitrogen and oxygen atoms in total. The van der Waals surface area contributed by atoms with Gasteiger partial charge < -0.3 is 5.73 Å². The van der Waals surface area contributed by atoms with Crippen LogP contribution in [-0.4, -0.2) is 26.6 Å². The standard InChI is InChI=1S/C13H15N5O2/c1-9(19)7-12(20)17-18-11(15-16-13(18)14)8-10-5-3-2-4-6-10/h2-6H,7-8H2,1H3,(H2,14,16)(H,17,20). The van der Waals surface area contributed by atoms with E-state index in [1.165, 1.54) is 11.6 Å². The summed E-state index contributed by atoms with van der Waals surface area (Å²) in [6.45, 7) is 1.35. The molecule has 1 amide bonds. The van der Waals surface area contributed by atoms with Crippen LogP contribution in [0.5, 0.6) is 0 Å². The third-order valence-corrected chi connectivity index (χ3v) is 2.61. The Bertz CT molecular complexity index is 621. The zero-order valence-corrected chi connectivity index (χ0v) is 11.0. The Kier molecular flexibility index (Phi) is 4.09. The van der Waals surface area contributed by atoms with Gasteiger partial charge in [-0.15, -0.1) is 10.2 Å². The van der Waals surface area contributed by atoms with Crippen LogP contribution < -0.4 is 11.2 Å². The van der Waals surface area contributed by atoms with Gasteiger partial charge in [0.1, 0.15) is 5.78 Å². The van der Waals surface area contributed by atoms with E-state index in [1.54, 1.807) is 0 Å². The van der Waals surface area contributed by atoms with Crippen molar-refractivity contribution in [2.75, 3.05) is 11.2 Å². The highest BCUT2D eigenvalue weighted by atomic mass is 16.2. The SMILES string of the molecule is CC(=O)CC(=O)Nn1c(N)nnc1Cc1ccccc1. The Morgan fingerprint density at radius 2 is 1.95 bits per heavy atom. The molecule has 0 unspecified atom stereocenters. The summed E-state index contributed by atoms with van der Waals surface area (Å²) in [6, 6.07) is 9.61. The van der Waals surface area contributed by atoms with E-state index in [0.29, 0.717) is 12.2 Å². The minimum absolute atomic E-state index is 0.0767. The normalized spacial score (nSPS) is 10.2. The van der Waals surface area contributed by atoms with Crippen molar-refractivity contribution in [3.63, 3.8) is 0 Å². The van der Waals surface area contributed by atoms with Gasteiger partial charge in [-0.25, -0.2) is 4.68 Å². The number of carbonyl (C=O) groups is 2. The number of nitrogens with one attached hydrogen (secondary N) is 1. The van der Waals surface area contributed by atoms with Crippen molar-refractivity contribution >= 4 is 17.6 Å². The first kappa shape index (κ1) is 13.7. The summed E-state index contributed by atoms with van der Waals surface area (Å²) in [5.74, 6) is -0.0875. The maximum atomic E-state index is 11.6. The second-order valence-corrected chi connectivity index (χ2v) is 4.39. The Hall–Kier alpha value is -2.70. The molecular weight excluding hydrogens is 258 g/mol. The molecule has 1 aromatic carbocycles. The van der Waals surface area contributed by atoms with E-state index in [0.717, 1.165) is 5.56 Å². The molecule has 0 radical (unpaired) electrons. The summed E-state index contributed by atoms with van der Waals surface area (Å²) in [5, 5.41) is 7.67. The molecule has 104 valence electrons. The first-order valence-corrected chi connectivity index (χ1v) is 6.09. The fraction of sp³-hybridized carbons (Fsp3) is 0.231. The quantitative estimate of drug-likeness (QED) is 0.772. The number of aromatic nitrogens is 3. The highest BCUT2D eigenvalue weighted by Gasteiger charge is 2.13. The van der Waals surface area contributed by atoms with E-state index < -0.39 is 5.91 Å². The molecule has 2 aromatic rings. The summed E-state index contributed by atoms with van der Waals surface area (Å²) in [6.07, 6.45) is 0.272. The number of ketones is 1. The van der Waals surface area contributed by atoms with Gasteiger partial charge in [0.2, 0.25) is 11.9 Å². The minimum Gasteiger partial charge on any atom is -0.366 e. The molecular formula is C13H15N5O2. The van der Waals surface area contributed by atoms with Crippen LogP contribution in [-0.2, 0) is 16.0 Å². The fourth-order valence-corrected chi connectivity index (χ4v) is 1.74. The second-order valence-electron chi connectivity index (χ2n) is 4.39. The zero-order chi connectivity index (χ0) is 14.5. The Labute approximate surface area is 115 Å². The highest BCUT2D eigenvalue weighted by molar-refractivity contribution is 6.00. The topological polar surface area (TPSA) is 103 Å². The molecule has 0 bridgehead atoms. The molecule has 3 N–H and O–H groups in total. The van der Waals surface area contributed by atoms with E-state index in [4.69, 9.17) is 5.73 Å². The molecule has 0 aliphatic rings. The summed E-state index contributed by atoms with van der Waals surface area (Å²) < 4.78 is 1.30. The van der Waals surface area contributed by atoms with Crippen LogP contribution >= 0.6 is 0 Å². The monoisotopic (exact) mass is 273 g/mol. The van der Waals surface area contributed by atoms with Crippen molar-refractivity contribution in [3.8, 4) is 0 Å². The molecule has 2 rings (SSSR count). The average Bonchev–Trinajstić information content (AvgIpc) is 2.72. The summed E-state index contributed by atoms with van der Waals surface area (Å²) >= 11 is 0. The summed E-state index contributed by atoms with van der Waals surface area (Å²) in [4.78, 5) is 22.5. The molecule has 0 spiro atoms. The maximum absolute atomic E-state index is 11.6. The number of hydrogen-bond acceptors (Lipinski definition) is 5. The maximum Gasteiger partial charge on any atom is 0.246 e. The van der Waals surface area contributed by atoms with E-state index >= 15 is 0 Å². The zero-order valence-electron chi connectivity index (χ0n) is 11.0. The van der Waals surface area contributed by atoms with Gasteiger partial charge in [0.05, 0.1) is 6.42 Å². The van der Waals surface area contributed by atoms with Crippen LogP contribution in [0.1, 0.15) is 24.7 Å². The number of rotatable bonds is 5. The third kappa shape index (κ3) is 3.41. The Morgan fingerprint density at radius 3 is 2.60 bits per heavy atom. The van der Waals surface area contributed by atoms with Gasteiger partial charge in [-0.2, -0.15) is 0 Å². The summed E-state index contributed by atoms with van der Waals surface area (Å²) in [7, 11) is 0. The lowest BCUT2D eigenvalue weighted by atomic mass is 10.1. The van der Waals surface area contributed by atoms with Gasteiger partial charge in [0.15, 0.2) is 5.82 Å². The van der Waals surface area contributed by atoms with E-state index in [1.807, 2.05) is 30.3 Å². The number of carbonyl (C=O) groups excluding carboxylic acids is 2. The van der Waals surface area contributed by atoms with Crippen LogP contribution in [0.3, 0.4) is 0 Å². The van der Waals surface area contributed by atoms with E-state index in [-0.39, 0.29) is 18.2 Å². The van der Waals surface area contributed by atoms with Gasteiger partial charge in [-0.05, 0) is 12.5 Å². The molecule has 0 fully saturated rings. The van der Waals surface area contributed by atoms with E-state index in [2.05, 4.69) is 15.6 Å². The van der Waals surface area contributed by atoms with Gasteiger partial charge in [-0.3, -0.25) is 15.0 Å². The molecule has 7 heteroatoms. The first-order valence-electron chi connectivity index (χ1n) is 6.09. The lowest BCUT2D eigenvalue weighted by molar-refractivity contribution is -0.124. The molecule has 0 atom stereocenters. The number of nitrogens with two attached hydrogens (primary N) is 1. The van der Waals surface area contributed by atoms with Crippen LogP contribution in [0.15, 0.2) is 30.3 Å². The van der Waals surface area contributed by atoms with Gasteiger partial charge in [0, 0.05) is 6.42 Å². The van der Waals surface area contributed by atoms with Crippen LogP contribution in [0.4, 0.5) is 5.95 Å².